The Kier molecular flexibility index (Phi) is 6.17. The van der Waals surface area contributed by atoms with Crippen LogP contribution in [0, 0.1) is 0 Å². The Hall–Kier alpha value is -4.80. The van der Waals surface area contributed by atoms with Crippen LogP contribution in [0.15, 0.2) is 61.3 Å². The smallest absolute Gasteiger partial charge is 0.273 e. The second-order valence-corrected chi connectivity index (χ2v) is 7.50. The van der Waals surface area contributed by atoms with Crippen LogP contribution in [0.2, 0.25) is 0 Å². The lowest BCUT2D eigenvalue weighted by Gasteiger charge is -2.04. The first kappa shape index (κ1) is 22.4. The molecule has 1 aromatic carbocycles. The summed E-state index contributed by atoms with van der Waals surface area (Å²) in [7, 11) is 4.95. The molecule has 174 valence electrons. The molecule has 3 heterocycles. The third-order valence-corrected chi connectivity index (χ3v) is 5.08. The molecular weight excluding hydrogens is 438 g/mol. The van der Waals surface area contributed by atoms with Gasteiger partial charge in [-0.25, -0.2) is 4.98 Å². The van der Waals surface area contributed by atoms with Gasteiger partial charge in [0.25, 0.3) is 17.7 Å². The minimum absolute atomic E-state index is 0.309. The fourth-order valence-electron chi connectivity index (χ4n) is 3.37. The van der Waals surface area contributed by atoms with Crippen molar-refractivity contribution in [2.24, 2.45) is 14.1 Å². The highest BCUT2D eigenvalue weighted by Gasteiger charge is 2.17. The van der Waals surface area contributed by atoms with Gasteiger partial charge in [0.15, 0.2) is 5.82 Å². The zero-order valence-corrected chi connectivity index (χ0v) is 18.7. The number of carbonyl (C=O) groups is 3. The molecule has 0 aliphatic heterocycles. The van der Waals surface area contributed by atoms with Crippen LogP contribution in [0.25, 0.3) is 0 Å². The van der Waals surface area contributed by atoms with E-state index in [-0.39, 0.29) is 11.8 Å². The van der Waals surface area contributed by atoms with E-state index in [1.165, 1.54) is 6.33 Å². The number of hydrogen-bond acceptors (Lipinski definition) is 5. The fourth-order valence-corrected chi connectivity index (χ4v) is 3.37. The van der Waals surface area contributed by atoms with Crippen molar-refractivity contribution >= 4 is 34.9 Å². The number of amides is 3. The average Bonchev–Trinajstić information content (AvgIpc) is 3.54. The summed E-state index contributed by atoms with van der Waals surface area (Å²) in [6.07, 6.45) is 6.29. The summed E-state index contributed by atoms with van der Waals surface area (Å²) in [5.41, 5.74) is 2.06. The second kappa shape index (κ2) is 9.36. The number of anilines is 3. The maximum absolute atomic E-state index is 12.8. The fraction of sp³-hybridized carbons (Fsp3) is 0.130. The van der Waals surface area contributed by atoms with Gasteiger partial charge in [-0.2, -0.15) is 0 Å². The number of nitrogens with zero attached hydrogens (tertiary/aromatic N) is 3. The molecule has 0 saturated carbocycles. The number of imidazole rings is 1. The maximum atomic E-state index is 12.8. The molecule has 0 saturated heterocycles. The number of ether oxygens (including phenoxy) is 1. The number of H-pyrrole nitrogens is 1. The molecule has 0 unspecified atom stereocenters. The summed E-state index contributed by atoms with van der Waals surface area (Å²) in [5.74, 6) is -0.0200. The molecule has 0 bridgehead atoms. The second-order valence-electron chi connectivity index (χ2n) is 7.50. The number of hydrogen-bond donors (Lipinski definition) is 4. The summed E-state index contributed by atoms with van der Waals surface area (Å²) in [5, 5.41) is 8.22. The monoisotopic (exact) mass is 461 g/mol. The van der Waals surface area contributed by atoms with Crippen LogP contribution < -0.4 is 20.7 Å². The van der Waals surface area contributed by atoms with Crippen molar-refractivity contribution in [2.75, 3.05) is 23.1 Å². The van der Waals surface area contributed by atoms with Crippen LogP contribution in [0.4, 0.5) is 17.2 Å². The lowest BCUT2D eigenvalue weighted by molar-refractivity contribution is 0.101. The molecule has 0 radical (unpaired) electrons. The Balaban J connectivity index is 1.42. The van der Waals surface area contributed by atoms with Crippen molar-refractivity contribution in [3.05, 3.63) is 78.3 Å². The Bertz CT molecular complexity index is 1330. The van der Waals surface area contributed by atoms with E-state index in [1.54, 1.807) is 85.3 Å². The minimum atomic E-state index is -0.391. The van der Waals surface area contributed by atoms with Gasteiger partial charge in [-0.3, -0.25) is 14.4 Å². The molecule has 3 aromatic heterocycles. The van der Waals surface area contributed by atoms with E-state index < -0.39 is 5.91 Å². The number of nitrogens with one attached hydrogen (secondary N) is 4. The van der Waals surface area contributed by atoms with Crippen LogP contribution in [-0.2, 0) is 14.1 Å². The summed E-state index contributed by atoms with van der Waals surface area (Å²) in [6.45, 7) is 0. The molecule has 4 N–H and O–H groups in total. The lowest BCUT2D eigenvalue weighted by Crippen LogP contribution is -2.15. The summed E-state index contributed by atoms with van der Waals surface area (Å²) < 4.78 is 8.30. The number of rotatable bonds is 7. The molecule has 4 aromatic rings. The normalized spacial score (nSPS) is 10.6. The van der Waals surface area contributed by atoms with Gasteiger partial charge in [-0.15, -0.1) is 0 Å². The molecule has 0 aliphatic carbocycles. The molecule has 11 heteroatoms. The third-order valence-electron chi connectivity index (χ3n) is 5.08. The van der Waals surface area contributed by atoms with E-state index in [2.05, 4.69) is 25.9 Å². The quantitative estimate of drug-likeness (QED) is 0.336. The Morgan fingerprint density at radius 1 is 0.853 bits per heavy atom. The minimum Gasteiger partial charge on any atom is -0.497 e. The van der Waals surface area contributed by atoms with E-state index in [1.807, 2.05) is 0 Å². The van der Waals surface area contributed by atoms with Gasteiger partial charge >= 0.3 is 0 Å². The number of aromatic nitrogens is 4. The molecular formula is C23H23N7O4. The summed E-state index contributed by atoms with van der Waals surface area (Å²) in [6, 6.07) is 9.84. The van der Waals surface area contributed by atoms with Gasteiger partial charge in [0.2, 0.25) is 0 Å². The molecule has 3 amide bonds. The number of methoxy groups -OCH3 is 1. The highest BCUT2D eigenvalue weighted by molar-refractivity contribution is 6.08. The van der Waals surface area contributed by atoms with Gasteiger partial charge in [0, 0.05) is 38.2 Å². The first-order valence-electron chi connectivity index (χ1n) is 10.2. The van der Waals surface area contributed by atoms with Crippen molar-refractivity contribution in [2.45, 2.75) is 0 Å². The largest absolute Gasteiger partial charge is 0.497 e. The lowest BCUT2D eigenvalue weighted by atomic mass is 10.2. The number of aryl methyl sites for hydroxylation is 2. The Morgan fingerprint density at radius 2 is 1.41 bits per heavy atom. The first-order valence-corrected chi connectivity index (χ1v) is 10.2. The van der Waals surface area contributed by atoms with E-state index >= 15 is 0 Å². The Morgan fingerprint density at radius 3 is 1.94 bits per heavy atom. The van der Waals surface area contributed by atoms with Crippen molar-refractivity contribution in [1.82, 2.24) is 19.1 Å². The molecule has 4 rings (SSSR count). The average molecular weight is 461 g/mol. The topological polar surface area (TPSA) is 135 Å². The zero-order chi connectivity index (χ0) is 24.2. The number of carbonyl (C=O) groups excluding carboxylic acids is 3. The SMILES string of the molecule is COc1ccc(C(=O)Nc2cc(C(=O)Nc3cc(C(=O)Nc4c[nH]cn4)n(C)c3)n(C)c2)cc1. The van der Waals surface area contributed by atoms with Crippen molar-refractivity contribution in [3.63, 3.8) is 0 Å². The Labute approximate surface area is 194 Å². The van der Waals surface area contributed by atoms with Crippen molar-refractivity contribution < 1.29 is 19.1 Å². The van der Waals surface area contributed by atoms with Gasteiger partial charge < -0.3 is 34.8 Å². The van der Waals surface area contributed by atoms with Crippen LogP contribution >= 0.6 is 0 Å². The molecule has 0 atom stereocenters. The third kappa shape index (κ3) is 4.83. The predicted molar refractivity (Wildman–Crippen MR) is 126 cm³/mol. The van der Waals surface area contributed by atoms with E-state index in [0.717, 1.165) is 0 Å². The van der Waals surface area contributed by atoms with Gasteiger partial charge in [0.1, 0.15) is 17.1 Å². The van der Waals surface area contributed by atoms with E-state index in [0.29, 0.717) is 39.9 Å². The number of benzene rings is 1. The molecule has 11 nitrogen and oxygen atoms in total. The summed E-state index contributed by atoms with van der Waals surface area (Å²) in [4.78, 5) is 44.5. The van der Waals surface area contributed by atoms with Crippen LogP contribution in [0.1, 0.15) is 31.3 Å². The van der Waals surface area contributed by atoms with Crippen LogP contribution in [0.3, 0.4) is 0 Å². The molecule has 0 fully saturated rings. The highest BCUT2D eigenvalue weighted by Crippen LogP contribution is 2.19. The standard InChI is InChI=1S/C23H23N7O4/c1-29-11-15(26-21(31)14-4-6-17(34-3)7-5-14)8-18(29)22(32)27-16-9-19(30(2)12-16)23(33)28-20-10-24-13-25-20/h4-13H,1-3H3,(H,24,25)(H,26,31)(H,27,32)(H,28,33). The molecule has 34 heavy (non-hydrogen) atoms. The van der Waals surface area contributed by atoms with Crippen molar-refractivity contribution in [3.8, 4) is 5.75 Å². The molecule has 0 spiro atoms. The number of aromatic amines is 1. The zero-order valence-electron chi connectivity index (χ0n) is 18.7. The molecule has 0 aliphatic rings. The summed E-state index contributed by atoms with van der Waals surface area (Å²) >= 11 is 0. The van der Waals surface area contributed by atoms with E-state index in [9.17, 15) is 14.4 Å². The predicted octanol–water partition coefficient (Wildman–Crippen LogP) is 2.85. The maximum Gasteiger partial charge on any atom is 0.273 e. The van der Waals surface area contributed by atoms with Gasteiger partial charge in [0.05, 0.1) is 24.8 Å². The highest BCUT2D eigenvalue weighted by atomic mass is 16.5. The van der Waals surface area contributed by atoms with Crippen LogP contribution in [0.5, 0.6) is 5.75 Å². The van der Waals surface area contributed by atoms with Gasteiger partial charge in [-0.05, 0) is 36.4 Å². The van der Waals surface area contributed by atoms with Crippen molar-refractivity contribution in [1.29, 1.82) is 0 Å². The van der Waals surface area contributed by atoms with Gasteiger partial charge in [-0.1, -0.05) is 0 Å². The first-order chi connectivity index (χ1) is 16.3. The van der Waals surface area contributed by atoms with Crippen LogP contribution in [-0.4, -0.2) is 43.9 Å². The van der Waals surface area contributed by atoms with E-state index in [4.69, 9.17) is 4.74 Å².